The molecule has 7 nitrogen and oxygen atoms in total. The highest BCUT2D eigenvalue weighted by Crippen LogP contribution is 2.31. The Morgan fingerprint density at radius 1 is 1.03 bits per heavy atom. The van der Waals surface area contributed by atoms with Crippen molar-refractivity contribution in [1.82, 2.24) is 5.32 Å². The Balaban J connectivity index is 1.50. The molecular formula is C24H23FN2O5S. The van der Waals surface area contributed by atoms with Gasteiger partial charge in [0.15, 0.2) is 11.5 Å². The molecule has 0 bridgehead atoms. The van der Waals surface area contributed by atoms with Crippen molar-refractivity contribution in [3.63, 3.8) is 0 Å². The Bertz CT molecular complexity index is 1250. The van der Waals surface area contributed by atoms with E-state index in [0.717, 1.165) is 15.9 Å². The number of nitrogens with zero attached hydrogens (tertiary/aromatic N) is 1. The highest BCUT2D eigenvalue weighted by Gasteiger charge is 2.29. The predicted octanol–water partition coefficient (Wildman–Crippen LogP) is 3.29. The number of carbonyl (C=O) groups is 1. The number of halogens is 1. The first-order valence-corrected chi connectivity index (χ1v) is 11.8. The molecule has 1 amide bonds. The number of fused-ring (bicyclic) bond motifs is 1. The third kappa shape index (κ3) is 5.09. The van der Waals surface area contributed by atoms with Gasteiger partial charge in [0, 0.05) is 0 Å². The molecule has 172 valence electrons. The van der Waals surface area contributed by atoms with Gasteiger partial charge in [-0.15, -0.1) is 0 Å². The molecule has 0 unspecified atom stereocenters. The molecule has 0 fully saturated rings. The van der Waals surface area contributed by atoms with E-state index in [1.54, 1.807) is 24.3 Å². The number of ether oxygens (including phenoxy) is 2. The van der Waals surface area contributed by atoms with E-state index in [1.807, 2.05) is 19.1 Å². The molecule has 0 spiro atoms. The van der Waals surface area contributed by atoms with Crippen LogP contribution in [0.1, 0.15) is 5.56 Å². The fourth-order valence-corrected chi connectivity index (χ4v) is 4.80. The lowest BCUT2D eigenvalue weighted by molar-refractivity contribution is -0.120. The van der Waals surface area contributed by atoms with Crippen LogP contribution in [0, 0.1) is 12.7 Å². The fraction of sp³-hybridized carbons (Fsp3) is 0.208. The van der Waals surface area contributed by atoms with Crippen LogP contribution >= 0.6 is 0 Å². The number of carbonyl (C=O) groups excluding carboxylic acids is 1. The first-order chi connectivity index (χ1) is 15.8. The summed E-state index contributed by atoms with van der Waals surface area (Å²) in [5, 5.41) is 2.66. The van der Waals surface area contributed by atoms with Gasteiger partial charge in [0.25, 0.3) is 10.0 Å². The number of para-hydroxylation sites is 3. The highest BCUT2D eigenvalue weighted by molar-refractivity contribution is 7.92. The Labute approximate surface area is 191 Å². The lowest BCUT2D eigenvalue weighted by atomic mass is 10.2. The molecule has 3 aromatic rings. The third-order valence-corrected chi connectivity index (χ3v) is 6.89. The zero-order valence-electron chi connectivity index (χ0n) is 17.9. The van der Waals surface area contributed by atoms with Crippen molar-refractivity contribution >= 4 is 21.6 Å². The highest BCUT2D eigenvalue weighted by atomic mass is 32.2. The standard InChI is InChI=1S/C24H23FN2O5S/c1-17-10-12-19(13-11-17)33(29,30)27(21-7-3-2-6-20(21)25)15-24(28)26-14-18-16-31-22-8-4-5-9-23(22)32-18/h2-13,18H,14-16H2,1H3,(H,26,28)/t18-/m1/s1. The average Bonchev–Trinajstić information content (AvgIpc) is 2.82. The van der Waals surface area contributed by atoms with Gasteiger partial charge in [0.05, 0.1) is 17.1 Å². The van der Waals surface area contributed by atoms with E-state index in [2.05, 4.69) is 5.32 Å². The number of anilines is 1. The van der Waals surface area contributed by atoms with Gasteiger partial charge in [-0.3, -0.25) is 9.10 Å². The largest absolute Gasteiger partial charge is 0.486 e. The SMILES string of the molecule is Cc1ccc(S(=O)(=O)N(CC(=O)NC[C@@H]2COc3ccccc3O2)c2ccccc2F)cc1. The van der Waals surface area contributed by atoms with Crippen LogP contribution in [0.25, 0.3) is 0 Å². The van der Waals surface area contributed by atoms with Gasteiger partial charge >= 0.3 is 0 Å². The van der Waals surface area contributed by atoms with Crippen LogP contribution in [-0.2, 0) is 14.8 Å². The van der Waals surface area contributed by atoms with Crippen molar-refractivity contribution in [2.24, 2.45) is 0 Å². The molecule has 1 aliphatic heterocycles. The molecule has 0 radical (unpaired) electrons. The van der Waals surface area contributed by atoms with E-state index in [1.165, 1.54) is 30.3 Å². The van der Waals surface area contributed by atoms with E-state index in [-0.39, 0.29) is 23.7 Å². The van der Waals surface area contributed by atoms with E-state index in [4.69, 9.17) is 9.47 Å². The molecule has 1 atom stereocenters. The molecule has 9 heteroatoms. The van der Waals surface area contributed by atoms with Gasteiger partial charge in [-0.05, 0) is 43.3 Å². The smallest absolute Gasteiger partial charge is 0.264 e. The second-order valence-electron chi connectivity index (χ2n) is 7.58. The van der Waals surface area contributed by atoms with E-state index >= 15 is 0 Å². The van der Waals surface area contributed by atoms with Crippen molar-refractivity contribution in [3.05, 3.63) is 84.2 Å². The molecule has 1 aliphatic rings. The van der Waals surface area contributed by atoms with Crippen LogP contribution in [-0.4, -0.2) is 40.1 Å². The Morgan fingerprint density at radius 3 is 2.42 bits per heavy atom. The summed E-state index contributed by atoms with van der Waals surface area (Å²) < 4.78 is 53.4. The van der Waals surface area contributed by atoms with Crippen molar-refractivity contribution in [1.29, 1.82) is 0 Å². The summed E-state index contributed by atoms with van der Waals surface area (Å²) in [5.41, 5.74) is 0.666. The number of hydrogen-bond donors (Lipinski definition) is 1. The third-order valence-electron chi connectivity index (χ3n) is 5.11. The maximum absolute atomic E-state index is 14.5. The van der Waals surface area contributed by atoms with E-state index < -0.39 is 34.4 Å². The molecule has 3 aromatic carbocycles. The quantitative estimate of drug-likeness (QED) is 0.573. The molecular weight excluding hydrogens is 447 g/mol. The minimum atomic E-state index is -4.20. The molecule has 0 aromatic heterocycles. The molecule has 33 heavy (non-hydrogen) atoms. The summed E-state index contributed by atoms with van der Waals surface area (Å²) in [4.78, 5) is 12.7. The number of aryl methyl sites for hydroxylation is 1. The van der Waals surface area contributed by atoms with Crippen LogP contribution in [0.3, 0.4) is 0 Å². The monoisotopic (exact) mass is 470 g/mol. The molecule has 1 N–H and O–H groups in total. The summed E-state index contributed by atoms with van der Waals surface area (Å²) in [6.45, 7) is 1.56. The van der Waals surface area contributed by atoms with Crippen molar-refractivity contribution in [3.8, 4) is 11.5 Å². The first kappa shape index (κ1) is 22.6. The normalized spacial score (nSPS) is 15.0. The van der Waals surface area contributed by atoms with E-state index in [0.29, 0.717) is 11.5 Å². The van der Waals surface area contributed by atoms with Crippen LogP contribution in [0.4, 0.5) is 10.1 Å². The number of amides is 1. The van der Waals surface area contributed by atoms with Gasteiger partial charge in [-0.1, -0.05) is 42.0 Å². The van der Waals surface area contributed by atoms with Gasteiger partial charge in [0.1, 0.15) is 25.1 Å². The lowest BCUT2D eigenvalue weighted by Gasteiger charge is -2.27. The first-order valence-electron chi connectivity index (χ1n) is 10.3. The summed E-state index contributed by atoms with van der Waals surface area (Å²) in [5.74, 6) is -0.161. The average molecular weight is 471 g/mol. The van der Waals surface area contributed by atoms with Gasteiger partial charge < -0.3 is 14.8 Å². The molecule has 0 saturated carbocycles. The van der Waals surface area contributed by atoms with Crippen molar-refractivity contribution in [2.45, 2.75) is 17.9 Å². The Morgan fingerprint density at radius 2 is 1.70 bits per heavy atom. The number of hydrogen-bond acceptors (Lipinski definition) is 5. The zero-order chi connectivity index (χ0) is 23.4. The predicted molar refractivity (Wildman–Crippen MR) is 121 cm³/mol. The Hall–Kier alpha value is -3.59. The van der Waals surface area contributed by atoms with Gasteiger partial charge in [0.2, 0.25) is 5.91 Å². The topological polar surface area (TPSA) is 84.9 Å². The van der Waals surface area contributed by atoms with Crippen LogP contribution < -0.4 is 19.1 Å². The summed E-state index contributed by atoms with van der Waals surface area (Å²) in [6.07, 6.45) is -0.445. The molecule has 1 heterocycles. The van der Waals surface area contributed by atoms with Gasteiger partial charge in [-0.25, -0.2) is 12.8 Å². The summed E-state index contributed by atoms with van der Waals surface area (Å²) in [7, 11) is -4.20. The van der Waals surface area contributed by atoms with Crippen molar-refractivity contribution in [2.75, 3.05) is 24.0 Å². The number of benzene rings is 3. The number of sulfonamides is 1. The van der Waals surface area contributed by atoms with Crippen molar-refractivity contribution < 1.29 is 27.1 Å². The van der Waals surface area contributed by atoms with Crippen LogP contribution in [0.2, 0.25) is 0 Å². The van der Waals surface area contributed by atoms with Gasteiger partial charge in [-0.2, -0.15) is 0 Å². The number of nitrogens with one attached hydrogen (secondary N) is 1. The maximum atomic E-state index is 14.5. The Kier molecular flexibility index (Phi) is 6.50. The summed E-state index contributed by atoms with van der Waals surface area (Å²) in [6, 6.07) is 18.8. The maximum Gasteiger partial charge on any atom is 0.264 e. The van der Waals surface area contributed by atoms with Crippen LogP contribution in [0.15, 0.2) is 77.7 Å². The van der Waals surface area contributed by atoms with E-state index in [9.17, 15) is 17.6 Å². The fourth-order valence-electron chi connectivity index (χ4n) is 3.37. The second-order valence-corrected chi connectivity index (χ2v) is 9.44. The zero-order valence-corrected chi connectivity index (χ0v) is 18.7. The van der Waals surface area contributed by atoms with Crippen LogP contribution in [0.5, 0.6) is 11.5 Å². The number of rotatable bonds is 7. The minimum absolute atomic E-state index is 0.0372. The molecule has 4 rings (SSSR count). The minimum Gasteiger partial charge on any atom is -0.486 e. The lowest BCUT2D eigenvalue weighted by Crippen LogP contribution is -2.45. The molecule has 0 saturated heterocycles. The summed E-state index contributed by atoms with van der Waals surface area (Å²) >= 11 is 0. The molecule has 0 aliphatic carbocycles. The second kappa shape index (κ2) is 9.50.